The Labute approximate surface area is 170 Å². The number of carbonyl (C=O) groups is 1. The Morgan fingerprint density at radius 2 is 2.00 bits per heavy atom. The Kier molecular flexibility index (Phi) is 4.67. The lowest BCUT2D eigenvalue weighted by Gasteiger charge is -2.10. The van der Waals surface area contributed by atoms with Crippen LogP contribution in [0.15, 0.2) is 47.8 Å². The van der Waals surface area contributed by atoms with Crippen LogP contribution in [0.25, 0.3) is 16.2 Å². The van der Waals surface area contributed by atoms with E-state index in [1.807, 2.05) is 0 Å². The van der Waals surface area contributed by atoms with E-state index in [1.165, 1.54) is 29.5 Å². The normalized spacial score (nSPS) is 11.7. The number of anilines is 1. The van der Waals surface area contributed by atoms with Crippen LogP contribution in [0.2, 0.25) is 5.02 Å². The molecule has 148 valence electrons. The molecular formula is C18H10ClF3N4O2S. The number of rotatable bonds is 3. The third-order valence-corrected chi connectivity index (χ3v) is 5.06. The van der Waals surface area contributed by atoms with Crippen molar-refractivity contribution >= 4 is 40.2 Å². The molecule has 0 aliphatic heterocycles. The number of carbonyl (C=O) groups excluding carboxylic acids is 1. The van der Waals surface area contributed by atoms with Gasteiger partial charge in [-0.1, -0.05) is 17.7 Å². The fourth-order valence-electron chi connectivity index (χ4n) is 2.63. The average molecular weight is 439 g/mol. The summed E-state index contributed by atoms with van der Waals surface area (Å²) in [4.78, 5) is 17.2. The number of phenols is 1. The summed E-state index contributed by atoms with van der Waals surface area (Å²) in [6.45, 7) is 0. The van der Waals surface area contributed by atoms with Crippen molar-refractivity contribution in [1.82, 2.24) is 14.6 Å². The van der Waals surface area contributed by atoms with Gasteiger partial charge in [-0.25, -0.2) is 9.50 Å². The maximum absolute atomic E-state index is 13.6. The number of aromatic hydroxyl groups is 1. The summed E-state index contributed by atoms with van der Waals surface area (Å²) in [6.07, 6.45) is -4.71. The standard InChI is InChI=1S/C18H10ClF3N4O2S/c19-9-3-4-13(27)10(6-9)24-17(28)12-8-16-23-11(14-2-1-5-29-14)7-15(18(20,21)22)26(16)25-12/h1-8,27H,(H,24,28). The zero-order valence-corrected chi connectivity index (χ0v) is 15.8. The number of thiophene rings is 1. The first-order valence-corrected chi connectivity index (χ1v) is 9.30. The van der Waals surface area contributed by atoms with Crippen molar-refractivity contribution in [1.29, 1.82) is 0 Å². The molecule has 1 amide bonds. The highest BCUT2D eigenvalue weighted by molar-refractivity contribution is 7.13. The fraction of sp³-hybridized carbons (Fsp3) is 0.0556. The molecule has 3 aromatic heterocycles. The lowest BCUT2D eigenvalue weighted by atomic mass is 10.2. The number of hydrogen-bond acceptors (Lipinski definition) is 5. The molecule has 0 unspecified atom stereocenters. The SMILES string of the molecule is O=C(Nc1cc(Cl)ccc1O)c1cc2nc(-c3cccs3)cc(C(F)(F)F)n2n1. The van der Waals surface area contributed by atoms with Gasteiger partial charge in [0, 0.05) is 11.1 Å². The molecule has 0 saturated carbocycles. The van der Waals surface area contributed by atoms with Crippen LogP contribution < -0.4 is 5.32 Å². The molecule has 0 saturated heterocycles. The van der Waals surface area contributed by atoms with Crippen LogP contribution in [0.5, 0.6) is 5.75 Å². The first kappa shape index (κ1) is 19.2. The molecular weight excluding hydrogens is 429 g/mol. The Morgan fingerprint density at radius 3 is 2.69 bits per heavy atom. The van der Waals surface area contributed by atoms with Gasteiger partial charge in [0.2, 0.25) is 0 Å². The van der Waals surface area contributed by atoms with Gasteiger partial charge in [0.05, 0.1) is 16.3 Å². The minimum atomic E-state index is -4.71. The Balaban J connectivity index is 1.78. The van der Waals surface area contributed by atoms with Crippen molar-refractivity contribution in [3.63, 3.8) is 0 Å². The number of hydrogen-bond donors (Lipinski definition) is 2. The van der Waals surface area contributed by atoms with Crippen LogP contribution in [0.3, 0.4) is 0 Å². The molecule has 0 bridgehead atoms. The highest BCUT2D eigenvalue weighted by atomic mass is 35.5. The molecule has 1 aromatic carbocycles. The van der Waals surface area contributed by atoms with Crippen LogP contribution >= 0.6 is 22.9 Å². The van der Waals surface area contributed by atoms with Crippen molar-refractivity contribution in [3.8, 4) is 16.3 Å². The zero-order valence-electron chi connectivity index (χ0n) is 14.2. The highest BCUT2D eigenvalue weighted by Gasteiger charge is 2.35. The van der Waals surface area contributed by atoms with Crippen LogP contribution in [0.4, 0.5) is 18.9 Å². The largest absolute Gasteiger partial charge is 0.506 e. The van der Waals surface area contributed by atoms with Gasteiger partial charge in [-0.2, -0.15) is 18.3 Å². The van der Waals surface area contributed by atoms with E-state index in [2.05, 4.69) is 15.4 Å². The molecule has 0 atom stereocenters. The molecule has 11 heteroatoms. The van der Waals surface area contributed by atoms with Gasteiger partial charge in [0.25, 0.3) is 5.91 Å². The third kappa shape index (κ3) is 3.76. The van der Waals surface area contributed by atoms with Crippen LogP contribution in [0, 0.1) is 0 Å². The lowest BCUT2D eigenvalue weighted by Crippen LogP contribution is -2.15. The third-order valence-electron chi connectivity index (χ3n) is 3.93. The number of amides is 1. The number of phenolic OH excluding ortho intramolecular Hbond substituents is 1. The van der Waals surface area contributed by atoms with Crippen molar-refractivity contribution in [2.45, 2.75) is 6.18 Å². The molecule has 2 N–H and O–H groups in total. The van der Waals surface area contributed by atoms with Crippen LogP contribution in [-0.4, -0.2) is 25.6 Å². The second-order valence-corrected chi connectivity index (χ2v) is 7.30. The molecule has 0 radical (unpaired) electrons. The number of fused-ring (bicyclic) bond motifs is 1. The molecule has 6 nitrogen and oxygen atoms in total. The maximum atomic E-state index is 13.6. The lowest BCUT2D eigenvalue weighted by molar-refractivity contribution is -0.142. The summed E-state index contributed by atoms with van der Waals surface area (Å²) in [5.74, 6) is -1.07. The summed E-state index contributed by atoms with van der Waals surface area (Å²) in [5.41, 5.74) is -1.37. The number of aromatic nitrogens is 3. The molecule has 0 fully saturated rings. The second kappa shape index (κ2) is 7.05. The van der Waals surface area contributed by atoms with E-state index in [9.17, 15) is 23.1 Å². The van der Waals surface area contributed by atoms with Crippen molar-refractivity contribution < 1.29 is 23.1 Å². The van der Waals surface area contributed by atoms with Gasteiger partial charge in [-0.05, 0) is 35.7 Å². The summed E-state index contributed by atoms with van der Waals surface area (Å²) in [5, 5.41) is 17.9. The molecule has 29 heavy (non-hydrogen) atoms. The van der Waals surface area contributed by atoms with Gasteiger partial charge in [-0.15, -0.1) is 11.3 Å². The number of halogens is 4. The summed E-state index contributed by atoms with van der Waals surface area (Å²) >= 11 is 7.07. The number of alkyl halides is 3. The Morgan fingerprint density at radius 1 is 1.21 bits per heavy atom. The van der Waals surface area contributed by atoms with E-state index in [1.54, 1.807) is 17.5 Å². The quantitative estimate of drug-likeness (QED) is 0.437. The first-order valence-electron chi connectivity index (χ1n) is 8.04. The molecule has 3 heterocycles. The Hall–Kier alpha value is -3.11. The van der Waals surface area contributed by atoms with Crippen molar-refractivity contribution in [2.24, 2.45) is 0 Å². The molecule has 4 aromatic rings. The van der Waals surface area contributed by atoms with Crippen LogP contribution in [-0.2, 0) is 6.18 Å². The molecule has 4 rings (SSSR count). The van der Waals surface area contributed by atoms with Gasteiger partial charge in [0.15, 0.2) is 17.0 Å². The Bertz CT molecular complexity index is 1220. The molecule has 0 aliphatic rings. The van der Waals surface area contributed by atoms with Gasteiger partial charge < -0.3 is 10.4 Å². The van der Waals surface area contributed by atoms with E-state index < -0.39 is 17.8 Å². The summed E-state index contributed by atoms with van der Waals surface area (Å²) in [6, 6.07) is 9.38. The van der Waals surface area contributed by atoms with Crippen molar-refractivity contribution in [2.75, 3.05) is 5.32 Å². The minimum Gasteiger partial charge on any atom is -0.506 e. The molecule has 0 spiro atoms. The predicted octanol–water partition coefficient (Wildman–Crippen LogP) is 5.09. The smallest absolute Gasteiger partial charge is 0.433 e. The summed E-state index contributed by atoms with van der Waals surface area (Å²) in [7, 11) is 0. The molecule has 0 aliphatic carbocycles. The monoisotopic (exact) mass is 438 g/mol. The van der Waals surface area contributed by atoms with Gasteiger partial charge in [0.1, 0.15) is 5.75 Å². The van der Waals surface area contributed by atoms with E-state index in [4.69, 9.17) is 11.6 Å². The topological polar surface area (TPSA) is 79.5 Å². The number of nitrogens with one attached hydrogen (secondary N) is 1. The predicted molar refractivity (Wildman–Crippen MR) is 102 cm³/mol. The maximum Gasteiger partial charge on any atom is 0.433 e. The van der Waals surface area contributed by atoms with Gasteiger partial charge in [-0.3, -0.25) is 4.79 Å². The number of nitrogens with zero attached hydrogens (tertiary/aromatic N) is 3. The fourth-order valence-corrected chi connectivity index (χ4v) is 3.49. The first-order chi connectivity index (χ1) is 13.7. The zero-order chi connectivity index (χ0) is 20.8. The average Bonchev–Trinajstić information content (AvgIpc) is 3.32. The van der Waals surface area contributed by atoms with Gasteiger partial charge >= 0.3 is 6.18 Å². The highest BCUT2D eigenvalue weighted by Crippen LogP contribution is 2.33. The minimum absolute atomic E-state index is 0.00262. The van der Waals surface area contributed by atoms with E-state index in [-0.39, 0.29) is 33.5 Å². The van der Waals surface area contributed by atoms with E-state index in [0.717, 1.165) is 12.1 Å². The van der Waals surface area contributed by atoms with E-state index >= 15 is 0 Å². The van der Waals surface area contributed by atoms with E-state index in [0.29, 0.717) is 9.39 Å². The summed E-state index contributed by atoms with van der Waals surface area (Å²) < 4.78 is 41.3. The van der Waals surface area contributed by atoms with Crippen LogP contribution in [0.1, 0.15) is 16.2 Å². The number of benzene rings is 1. The van der Waals surface area contributed by atoms with Crippen molar-refractivity contribution in [3.05, 3.63) is 64.3 Å². The second-order valence-electron chi connectivity index (χ2n) is 5.92.